The maximum atomic E-state index is 6.03. The Morgan fingerprint density at radius 2 is 2.20 bits per heavy atom. The van der Waals surface area contributed by atoms with E-state index >= 15 is 0 Å². The highest BCUT2D eigenvalue weighted by molar-refractivity contribution is 7.22. The summed E-state index contributed by atoms with van der Waals surface area (Å²) in [7, 11) is 0. The largest absolute Gasteiger partial charge is 0.491 e. The van der Waals surface area contributed by atoms with Gasteiger partial charge in [0.15, 0.2) is 0 Å². The van der Waals surface area contributed by atoms with E-state index in [4.69, 9.17) is 16.3 Å². The predicted octanol–water partition coefficient (Wildman–Crippen LogP) is 4.97. The van der Waals surface area contributed by atoms with Gasteiger partial charge in [-0.25, -0.2) is 4.98 Å². The molecule has 0 atom stereocenters. The smallest absolute Gasteiger partial charge is 0.204 e. The Kier molecular flexibility index (Phi) is 4.09. The number of nitrogens with zero attached hydrogens (tertiary/aromatic N) is 3. The van der Waals surface area contributed by atoms with Crippen LogP contribution in [0.5, 0.6) is 5.75 Å². The van der Waals surface area contributed by atoms with Crippen LogP contribution in [0.2, 0.25) is 5.02 Å². The zero-order valence-electron chi connectivity index (χ0n) is 13.9. The Morgan fingerprint density at radius 1 is 1.32 bits per heavy atom. The quantitative estimate of drug-likeness (QED) is 0.645. The summed E-state index contributed by atoms with van der Waals surface area (Å²) in [6.45, 7) is 4.95. The fourth-order valence-corrected chi connectivity index (χ4v) is 3.75. The summed E-state index contributed by atoms with van der Waals surface area (Å²) in [4.78, 5) is 9.04. The van der Waals surface area contributed by atoms with E-state index in [0.29, 0.717) is 11.6 Å². The van der Waals surface area contributed by atoms with Gasteiger partial charge in [-0.1, -0.05) is 36.8 Å². The molecule has 128 valence electrons. The molecule has 2 aromatic heterocycles. The second-order valence-electron chi connectivity index (χ2n) is 6.54. The molecular weight excluding hydrogens is 356 g/mol. The first kappa shape index (κ1) is 16.3. The van der Waals surface area contributed by atoms with E-state index in [9.17, 15) is 0 Å². The molecule has 0 spiro atoms. The van der Waals surface area contributed by atoms with Crippen molar-refractivity contribution in [1.29, 1.82) is 0 Å². The first-order chi connectivity index (χ1) is 12.0. The van der Waals surface area contributed by atoms with Crippen LogP contribution in [0.3, 0.4) is 0 Å². The second kappa shape index (κ2) is 6.28. The van der Waals surface area contributed by atoms with Gasteiger partial charge in [0.05, 0.1) is 22.5 Å². The lowest BCUT2D eigenvalue weighted by molar-refractivity contribution is 0.279. The van der Waals surface area contributed by atoms with Gasteiger partial charge in [0.1, 0.15) is 11.4 Å². The third-order valence-corrected chi connectivity index (χ3v) is 5.41. The van der Waals surface area contributed by atoms with Crippen molar-refractivity contribution in [1.82, 2.24) is 9.97 Å². The molecule has 0 unspecified atom stereocenters. The minimum Gasteiger partial charge on any atom is -0.491 e. The first-order valence-electron chi connectivity index (χ1n) is 8.01. The molecule has 0 fully saturated rings. The van der Waals surface area contributed by atoms with Crippen LogP contribution < -0.4 is 10.2 Å². The van der Waals surface area contributed by atoms with Gasteiger partial charge in [-0.3, -0.25) is 10.4 Å². The lowest BCUT2D eigenvalue weighted by Gasteiger charge is -2.23. The third-order valence-electron chi connectivity index (χ3n) is 4.23. The summed E-state index contributed by atoms with van der Waals surface area (Å²) in [5, 5.41) is 6.07. The van der Waals surface area contributed by atoms with Crippen molar-refractivity contribution in [3.05, 3.63) is 47.2 Å². The summed E-state index contributed by atoms with van der Waals surface area (Å²) in [6, 6.07) is 9.49. The Hall–Kier alpha value is -2.18. The minimum absolute atomic E-state index is 0.160. The summed E-state index contributed by atoms with van der Waals surface area (Å²) >= 11 is 7.57. The molecule has 7 heteroatoms. The topological polar surface area (TPSA) is 59.4 Å². The average Bonchev–Trinajstić information content (AvgIpc) is 2.92. The summed E-state index contributed by atoms with van der Waals surface area (Å²) < 4.78 is 6.89. The van der Waals surface area contributed by atoms with Crippen LogP contribution in [0.25, 0.3) is 10.2 Å². The van der Waals surface area contributed by atoms with Crippen LogP contribution >= 0.6 is 22.9 Å². The number of aromatic nitrogens is 2. The van der Waals surface area contributed by atoms with Gasteiger partial charge >= 0.3 is 0 Å². The van der Waals surface area contributed by atoms with Crippen molar-refractivity contribution < 1.29 is 4.74 Å². The van der Waals surface area contributed by atoms with Gasteiger partial charge in [0.25, 0.3) is 0 Å². The number of hydrogen-bond donors (Lipinski definition) is 1. The number of anilines is 1. The van der Waals surface area contributed by atoms with Crippen molar-refractivity contribution >= 4 is 44.0 Å². The normalized spacial score (nSPS) is 17.8. The molecular formula is C18H17ClN4OS. The van der Waals surface area contributed by atoms with Crippen molar-refractivity contribution in [3.63, 3.8) is 0 Å². The van der Waals surface area contributed by atoms with Gasteiger partial charge in [-0.05, 0) is 36.8 Å². The maximum absolute atomic E-state index is 6.03. The fraction of sp³-hybridized carbons (Fsp3) is 0.278. The summed E-state index contributed by atoms with van der Waals surface area (Å²) in [6.07, 6.45) is 2.62. The van der Waals surface area contributed by atoms with Crippen molar-refractivity contribution in [2.75, 3.05) is 12.0 Å². The van der Waals surface area contributed by atoms with E-state index in [-0.39, 0.29) is 5.41 Å². The molecule has 0 saturated carbocycles. The minimum atomic E-state index is -0.160. The van der Waals surface area contributed by atoms with E-state index in [1.54, 1.807) is 17.5 Å². The molecule has 4 rings (SSSR count). The number of benzene rings is 1. The summed E-state index contributed by atoms with van der Waals surface area (Å²) in [5.74, 6) is 0.768. The molecule has 25 heavy (non-hydrogen) atoms. The van der Waals surface area contributed by atoms with Gasteiger partial charge in [0, 0.05) is 16.6 Å². The SMILES string of the molecule is CC1(C)CCOc2cccnc2/C1=N/Nc1nc2cc(Cl)ccc2s1. The monoisotopic (exact) mass is 372 g/mol. The Bertz CT molecular complexity index is 967. The Balaban J connectivity index is 1.72. The predicted molar refractivity (Wildman–Crippen MR) is 103 cm³/mol. The number of thiazole rings is 1. The molecule has 3 aromatic rings. The third kappa shape index (κ3) is 3.19. The molecule has 0 bridgehead atoms. The summed E-state index contributed by atoms with van der Waals surface area (Å²) in [5.41, 5.74) is 5.46. The number of pyridine rings is 1. The molecule has 1 aliphatic rings. The first-order valence-corrected chi connectivity index (χ1v) is 9.21. The van der Waals surface area contributed by atoms with Crippen LogP contribution in [0, 0.1) is 5.41 Å². The highest BCUT2D eigenvalue weighted by Gasteiger charge is 2.32. The Morgan fingerprint density at radius 3 is 3.08 bits per heavy atom. The van der Waals surface area contributed by atoms with Crippen molar-refractivity contribution in [2.24, 2.45) is 10.5 Å². The van der Waals surface area contributed by atoms with Gasteiger partial charge in [0.2, 0.25) is 5.13 Å². The lowest BCUT2D eigenvalue weighted by atomic mass is 9.83. The van der Waals surface area contributed by atoms with E-state index < -0.39 is 0 Å². The number of rotatable bonds is 2. The van der Waals surface area contributed by atoms with Crippen LogP contribution in [0.1, 0.15) is 26.0 Å². The van der Waals surface area contributed by atoms with E-state index in [1.165, 1.54) is 0 Å². The van der Waals surface area contributed by atoms with Gasteiger partial charge in [-0.2, -0.15) is 5.10 Å². The fourth-order valence-electron chi connectivity index (χ4n) is 2.80. The van der Waals surface area contributed by atoms with E-state index in [1.807, 2.05) is 30.3 Å². The highest BCUT2D eigenvalue weighted by Crippen LogP contribution is 2.34. The highest BCUT2D eigenvalue weighted by atomic mass is 35.5. The number of hydrogen-bond acceptors (Lipinski definition) is 6. The number of hydrazone groups is 1. The molecule has 0 radical (unpaired) electrons. The molecule has 1 N–H and O–H groups in total. The number of halogens is 1. The maximum Gasteiger partial charge on any atom is 0.204 e. The molecule has 0 saturated heterocycles. The Labute approximate surface area is 154 Å². The zero-order chi connectivity index (χ0) is 17.4. The molecule has 0 aliphatic carbocycles. The molecule has 1 aromatic carbocycles. The molecule has 0 amide bonds. The molecule has 5 nitrogen and oxygen atoms in total. The molecule has 3 heterocycles. The van der Waals surface area contributed by atoms with E-state index in [0.717, 1.165) is 38.9 Å². The number of nitrogens with one attached hydrogen (secondary N) is 1. The van der Waals surface area contributed by atoms with Crippen LogP contribution in [-0.4, -0.2) is 22.3 Å². The van der Waals surface area contributed by atoms with Crippen molar-refractivity contribution in [2.45, 2.75) is 20.3 Å². The lowest BCUT2D eigenvalue weighted by Crippen LogP contribution is -2.26. The van der Waals surface area contributed by atoms with Gasteiger partial charge < -0.3 is 4.74 Å². The second-order valence-corrected chi connectivity index (χ2v) is 8.00. The van der Waals surface area contributed by atoms with Crippen LogP contribution in [0.4, 0.5) is 5.13 Å². The standard InChI is InChI=1S/C18H17ClN4OS/c1-18(2)7-9-24-13-4-3-8-20-15(13)16(18)22-23-17-21-12-10-11(19)5-6-14(12)25-17/h3-6,8,10H,7,9H2,1-2H3,(H,21,23)/b22-16-. The number of ether oxygens (including phenoxy) is 1. The zero-order valence-corrected chi connectivity index (χ0v) is 15.5. The average molecular weight is 373 g/mol. The van der Waals surface area contributed by atoms with E-state index in [2.05, 4.69) is 34.3 Å². The van der Waals surface area contributed by atoms with Gasteiger partial charge in [-0.15, -0.1) is 0 Å². The van der Waals surface area contributed by atoms with Crippen LogP contribution in [-0.2, 0) is 0 Å². The van der Waals surface area contributed by atoms with Crippen LogP contribution in [0.15, 0.2) is 41.6 Å². The van der Waals surface area contributed by atoms with Crippen molar-refractivity contribution in [3.8, 4) is 5.75 Å². The number of fused-ring (bicyclic) bond motifs is 2. The molecule has 1 aliphatic heterocycles.